The first-order chi connectivity index (χ1) is 8.11. The summed E-state index contributed by atoms with van der Waals surface area (Å²) in [5, 5.41) is 20.1. The van der Waals surface area contributed by atoms with Gasteiger partial charge in [0.2, 0.25) is 0 Å². The predicted molar refractivity (Wildman–Crippen MR) is 61.3 cm³/mol. The molecular formula is C12H14N2O3. The van der Waals surface area contributed by atoms with Crippen LogP contribution < -0.4 is 10.1 Å². The second-order valence-corrected chi connectivity index (χ2v) is 3.58. The van der Waals surface area contributed by atoms with Crippen molar-refractivity contribution in [1.29, 1.82) is 5.26 Å². The Kier molecular flexibility index (Phi) is 4.98. The second-order valence-electron chi connectivity index (χ2n) is 3.58. The van der Waals surface area contributed by atoms with E-state index in [1.54, 1.807) is 31.2 Å². The zero-order chi connectivity index (χ0) is 12.7. The van der Waals surface area contributed by atoms with Crippen molar-refractivity contribution in [2.45, 2.75) is 13.0 Å². The summed E-state index contributed by atoms with van der Waals surface area (Å²) < 4.78 is 5.20. The molecule has 0 aromatic heterocycles. The molecule has 0 aliphatic carbocycles. The van der Waals surface area contributed by atoms with Crippen LogP contribution in [0, 0.1) is 11.3 Å². The average molecular weight is 234 g/mol. The van der Waals surface area contributed by atoms with E-state index in [2.05, 4.69) is 5.32 Å². The summed E-state index contributed by atoms with van der Waals surface area (Å²) in [6.07, 6.45) is -0.575. The summed E-state index contributed by atoms with van der Waals surface area (Å²) in [4.78, 5) is 11.2. The normalized spacial score (nSPS) is 11.4. The minimum atomic E-state index is -0.575. The van der Waals surface area contributed by atoms with Gasteiger partial charge in [0, 0.05) is 6.54 Å². The first kappa shape index (κ1) is 13.0. The Hall–Kier alpha value is -2.06. The van der Waals surface area contributed by atoms with Crippen LogP contribution in [0.1, 0.15) is 12.5 Å². The van der Waals surface area contributed by atoms with Crippen molar-refractivity contribution in [1.82, 2.24) is 5.32 Å². The lowest BCUT2D eigenvalue weighted by Gasteiger charge is -2.08. The Bertz CT molecular complexity index is 407. The van der Waals surface area contributed by atoms with E-state index < -0.39 is 6.10 Å². The molecule has 0 saturated heterocycles. The zero-order valence-corrected chi connectivity index (χ0v) is 9.51. The number of amides is 1. The number of benzene rings is 1. The molecule has 0 aliphatic rings. The molecule has 0 radical (unpaired) electrons. The molecule has 0 saturated carbocycles. The molecule has 0 spiro atoms. The topological polar surface area (TPSA) is 82.3 Å². The highest BCUT2D eigenvalue weighted by molar-refractivity contribution is 5.77. The molecule has 0 heterocycles. The van der Waals surface area contributed by atoms with Crippen LogP contribution in [0.3, 0.4) is 0 Å². The van der Waals surface area contributed by atoms with Gasteiger partial charge in [-0.05, 0) is 31.2 Å². The Balaban J connectivity index is 2.35. The largest absolute Gasteiger partial charge is 0.484 e. The van der Waals surface area contributed by atoms with E-state index >= 15 is 0 Å². The highest BCUT2D eigenvalue weighted by Gasteiger charge is 2.03. The third kappa shape index (κ3) is 5.00. The molecule has 1 atom stereocenters. The van der Waals surface area contributed by atoms with E-state index in [1.807, 2.05) is 6.07 Å². The number of rotatable bonds is 5. The predicted octanol–water partition coefficient (Wildman–Crippen LogP) is 0.434. The van der Waals surface area contributed by atoms with E-state index in [1.165, 1.54) is 0 Å². The lowest BCUT2D eigenvalue weighted by molar-refractivity contribution is -0.123. The SMILES string of the molecule is C[C@H](O)CNC(=O)COc1ccc(C#N)cc1. The molecule has 5 heteroatoms. The lowest BCUT2D eigenvalue weighted by atomic mass is 10.2. The van der Waals surface area contributed by atoms with Crippen LogP contribution in [0.5, 0.6) is 5.75 Å². The van der Waals surface area contributed by atoms with Crippen molar-refractivity contribution >= 4 is 5.91 Å². The fourth-order valence-corrected chi connectivity index (χ4v) is 1.09. The number of carbonyl (C=O) groups excluding carboxylic acids is 1. The van der Waals surface area contributed by atoms with Crippen molar-refractivity contribution in [3.05, 3.63) is 29.8 Å². The van der Waals surface area contributed by atoms with Gasteiger partial charge in [0.1, 0.15) is 5.75 Å². The molecule has 5 nitrogen and oxygen atoms in total. The van der Waals surface area contributed by atoms with Gasteiger partial charge >= 0.3 is 0 Å². The summed E-state index contributed by atoms with van der Waals surface area (Å²) in [5.41, 5.74) is 0.538. The molecule has 0 fully saturated rings. The highest BCUT2D eigenvalue weighted by atomic mass is 16.5. The summed E-state index contributed by atoms with van der Waals surface area (Å²) >= 11 is 0. The number of hydrogen-bond acceptors (Lipinski definition) is 4. The molecular weight excluding hydrogens is 220 g/mol. The van der Waals surface area contributed by atoms with E-state index in [9.17, 15) is 4.79 Å². The van der Waals surface area contributed by atoms with Gasteiger partial charge in [0.15, 0.2) is 6.61 Å². The fraction of sp³-hybridized carbons (Fsp3) is 0.333. The minimum absolute atomic E-state index is 0.112. The lowest BCUT2D eigenvalue weighted by Crippen LogP contribution is -2.34. The van der Waals surface area contributed by atoms with E-state index in [4.69, 9.17) is 15.1 Å². The number of carbonyl (C=O) groups is 1. The standard InChI is InChI=1S/C12H14N2O3/c1-9(15)7-14-12(16)8-17-11-4-2-10(6-13)3-5-11/h2-5,9,15H,7-8H2,1H3,(H,14,16)/t9-/m0/s1. The Labute approximate surface area is 99.6 Å². The summed E-state index contributed by atoms with van der Waals surface area (Å²) in [6, 6.07) is 8.47. The van der Waals surface area contributed by atoms with Crippen molar-refractivity contribution in [2.24, 2.45) is 0 Å². The maximum absolute atomic E-state index is 11.2. The van der Waals surface area contributed by atoms with Crippen LogP contribution >= 0.6 is 0 Å². The average Bonchev–Trinajstić information content (AvgIpc) is 2.34. The van der Waals surface area contributed by atoms with Gasteiger partial charge in [-0.2, -0.15) is 5.26 Å². The van der Waals surface area contributed by atoms with Crippen LogP contribution in [0.15, 0.2) is 24.3 Å². The van der Waals surface area contributed by atoms with Crippen LogP contribution in [0.25, 0.3) is 0 Å². The van der Waals surface area contributed by atoms with Crippen molar-refractivity contribution < 1.29 is 14.6 Å². The Morgan fingerprint density at radius 1 is 1.53 bits per heavy atom. The van der Waals surface area contributed by atoms with Crippen LogP contribution in [-0.4, -0.2) is 30.3 Å². The smallest absolute Gasteiger partial charge is 0.258 e. The van der Waals surface area contributed by atoms with Gasteiger partial charge in [-0.15, -0.1) is 0 Å². The summed E-state index contributed by atoms with van der Waals surface area (Å²) in [5.74, 6) is 0.228. The third-order valence-electron chi connectivity index (χ3n) is 1.95. The molecule has 1 rings (SSSR count). The van der Waals surface area contributed by atoms with Gasteiger partial charge in [-0.3, -0.25) is 4.79 Å². The van der Waals surface area contributed by atoms with Gasteiger partial charge in [0.05, 0.1) is 17.7 Å². The number of nitriles is 1. The maximum Gasteiger partial charge on any atom is 0.258 e. The van der Waals surface area contributed by atoms with Gasteiger partial charge < -0.3 is 15.2 Å². The first-order valence-electron chi connectivity index (χ1n) is 5.19. The van der Waals surface area contributed by atoms with Gasteiger partial charge in [-0.25, -0.2) is 0 Å². The van der Waals surface area contributed by atoms with E-state index in [-0.39, 0.29) is 19.1 Å². The fourth-order valence-electron chi connectivity index (χ4n) is 1.09. The molecule has 0 aliphatic heterocycles. The van der Waals surface area contributed by atoms with E-state index in [0.717, 1.165) is 0 Å². The molecule has 1 aromatic carbocycles. The van der Waals surface area contributed by atoms with E-state index in [0.29, 0.717) is 11.3 Å². The van der Waals surface area contributed by atoms with Crippen molar-refractivity contribution in [2.75, 3.05) is 13.2 Å². The molecule has 2 N–H and O–H groups in total. The third-order valence-corrected chi connectivity index (χ3v) is 1.95. The number of ether oxygens (including phenoxy) is 1. The maximum atomic E-state index is 11.2. The van der Waals surface area contributed by atoms with Crippen LogP contribution in [0.4, 0.5) is 0 Å². The quantitative estimate of drug-likeness (QED) is 0.774. The Morgan fingerprint density at radius 2 is 2.18 bits per heavy atom. The zero-order valence-electron chi connectivity index (χ0n) is 9.51. The minimum Gasteiger partial charge on any atom is -0.484 e. The van der Waals surface area contributed by atoms with Crippen LogP contribution in [-0.2, 0) is 4.79 Å². The summed E-state index contributed by atoms with van der Waals surface area (Å²) in [7, 11) is 0. The number of nitrogens with one attached hydrogen (secondary N) is 1. The molecule has 1 amide bonds. The summed E-state index contributed by atoms with van der Waals surface area (Å²) in [6.45, 7) is 1.68. The molecule has 17 heavy (non-hydrogen) atoms. The van der Waals surface area contributed by atoms with Crippen molar-refractivity contribution in [3.8, 4) is 11.8 Å². The monoisotopic (exact) mass is 234 g/mol. The molecule has 1 aromatic rings. The highest BCUT2D eigenvalue weighted by Crippen LogP contribution is 2.10. The van der Waals surface area contributed by atoms with Gasteiger partial charge in [-0.1, -0.05) is 0 Å². The number of aliphatic hydroxyl groups excluding tert-OH is 1. The number of hydrogen-bond donors (Lipinski definition) is 2. The number of nitrogens with zero attached hydrogens (tertiary/aromatic N) is 1. The number of aliphatic hydroxyl groups is 1. The first-order valence-corrected chi connectivity index (χ1v) is 5.19. The molecule has 90 valence electrons. The molecule has 0 unspecified atom stereocenters. The molecule has 0 bridgehead atoms. The Morgan fingerprint density at radius 3 is 2.71 bits per heavy atom. The van der Waals surface area contributed by atoms with Gasteiger partial charge in [0.25, 0.3) is 5.91 Å². The second kappa shape index (κ2) is 6.51. The van der Waals surface area contributed by atoms with Crippen LogP contribution in [0.2, 0.25) is 0 Å². The van der Waals surface area contributed by atoms with Crippen molar-refractivity contribution in [3.63, 3.8) is 0 Å².